The van der Waals surface area contributed by atoms with Crippen molar-refractivity contribution in [2.24, 2.45) is 17.8 Å². The highest BCUT2D eigenvalue weighted by Gasteiger charge is 2.42. The molecule has 0 aromatic carbocycles. The molecule has 3 aliphatic rings. The van der Waals surface area contributed by atoms with E-state index in [1.807, 2.05) is 13.8 Å². The summed E-state index contributed by atoms with van der Waals surface area (Å²) in [6.07, 6.45) is 4.96. The van der Waals surface area contributed by atoms with Gasteiger partial charge in [-0.05, 0) is 32.2 Å². The van der Waals surface area contributed by atoms with E-state index in [1.165, 1.54) is 19.3 Å². The predicted octanol–water partition coefficient (Wildman–Crippen LogP) is 3.36. The van der Waals surface area contributed by atoms with Gasteiger partial charge in [0, 0.05) is 24.4 Å². The highest BCUT2D eigenvalue weighted by molar-refractivity contribution is 5.83. The molecule has 2 heteroatoms. The van der Waals surface area contributed by atoms with Gasteiger partial charge in [-0.25, -0.2) is 0 Å². The maximum atomic E-state index is 12.0. The molecule has 2 heterocycles. The van der Waals surface area contributed by atoms with Crippen molar-refractivity contribution in [1.82, 2.24) is 4.90 Å². The van der Waals surface area contributed by atoms with Gasteiger partial charge in [-0.3, -0.25) is 4.79 Å². The number of Topliss-reactive ketones (excluding diaryl/α,β-unsaturated/α-hetero) is 1. The summed E-state index contributed by atoms with van der Waals surface area (Å²) in [6.45, 7) is 9.47. The molecule has 1 saturated carbocycles. The molecule has 3 atom stereocenters. The zero-order valence-electron chi connectivity index (χ0n) is 12.2. The van der Waals surface area contributed by atoms with E-state index in [2.05, 4.69) is 25.8 Å². The zero-order chi connectivity index (χ0) is 13.0. The number of rotatable bonds is 2. The van der Waals surface area contributed by atoms with Crippen LogP contribution in [0.3, 0.4) is 0 Å². The van der Waals surface area contributed by atoms with Crippen LogP contribution in [0.25, 0.3) is 0 Å². The molecular formula is C15H29NO. The minimum absolute atomic E-state index is 0.227. The van der Waals surface area contributed by atoms with Gasteiger partial charge in [0.05, 0.1) is 0 Å². The van der Waals surface area contributed by atoms with Crippen LogP contribution < -0.4 is 0 Å². The molecule has 0 aromatic heterocycles. The summed E-state index contributed by atoms with van der Waals surface area (Å²) < 4.78 is 0. The van der Waals surface area contributed by atoms with Gasteiger partial charge in [-0.15, -0.1) is 0 Å². The highest BCUT2D eigenvalue weighted by Crippen LogP contribution is 2.39. The summed E-state index contributed by atoms with van der Waals surface area (Å²) in [6, 6.07) is 0.688. The summed E-state index contributed by atoms with van der Waals surface area (Å²) in [5, 5.41) is 0. The van der Waals surface area contributed by atoms with E-state index < -0.39 is 0 Å². The molecule has 3 rings (SSSR count). The van der Waals surface area contributed by atoms with E-state index in [1.54, 1.807) is 0 Å². The van der Waals surface area contributed by atoms with Crippen molar-refractivity contribution in [3.63, 3.8) is 0 Å². The third kappa shape index (κ3) is 3.54. The second kappa shape index (κ2) is 6.53. The fraction of sp³-hybridized carbons (Fsp3) is 0.933. The van der Waals surface area contributed by atoms with Crippen LogP contribution in [0.2, 0.25) is 0 Å². The smallest absolute Gasteiger partial charge is 0.138 e. The Kier molecular flexibility index (Phi) is 5.64. The van der Waals surface area contributed by atoms with Crippen molar-refractivity contribution < 1.29 is 4.79 Å². The Balaban J connectivity index is 0.000000437. The van der Waals surface area contributed by atoms with Crippen molar-refractivity contribution in [3.8, 4) is 0 Å². The van der Waals surface area contributed by atoms with Crippen molar-refractivity contribution in [3.05, 3.63) is 0 Å². The third-order valence-electron chi connectivity index (χ3n) is 4.05. The van der Waals surface area contributed by atoms with E-state index in [0.29, 0.717) is 23.7 Å². The molecule has 0 radical (unpaired) electrons. The fourth-order valence-corrected chi connectivity index (χ4v) is 3.13. The molecule has 1 aliphatic carbocycles. The number of hydrogen-bond acceptors (Lipinski definition) is 2. The fourth-order valence-electron chi connectivity index (χ4n) is 3.13. The van der Waals surface area contributed by atoms with Crippen LogP contribution in [0.5, 0.6) is 0 Å². The first-order chi connectivity index (χ1) is 8.01. The first-order valence-electron chi connectivity index (χ1n) is 7.25. The molecule has 3 unspecified atom stereocenters. The van der Waals surface area contributed by atoms with Gasteiger partial charge in [0.25, 0.3) is 0 Å². The number of ketones is 1. The quantitative estimate of drug-likeness (QED) is 0.736. The van der Waals surface area contributed by atoms with Crippen LogP contribution in [0, 0.1) is 17.8 Å². The van der Waals surface area contributed by atoms with E-state index >= 15 is 0 Å². The molecule has 0 aromatic rings. The maximum absolute atomic E-state index is 12.0. The van der Waals surface area contributed by atoms with Gasteiger partial charge in [0.1, 0.15) is 5.78 Å². The molecule has 0 amide bonds. The number of carbonyl (C=O) groups excluding carboxylic acids is 1. The summed E-state index contributed by atoms with van der Waals surface area (Å²) in [5.41, 5.74) is 0. The SMILES string of the molecule is CC(C)C(=O)C1CC2CCC1CN2C.CCC. The summed E-state index contributed by atoms with van der Waals surface area (Å²) in [5.74, 6) is 1.77. The number of piperidine rings is 2. The van der Waals surface area contributed by atoms with Gasteiger partial charge in [0.2, 0.25) is 0 Å². The predicted molar refractivity (Wildman–Crippen MR) is 73.1 cm³/mol. The molecular weight excluding hydrogens is 210 g/mol. The normalized spacial score (nSPS) is 32.2. The lowest BCUT2D eigenvalue weighted by atomic mass is 9.69. The Hall–Kier alpha value is -0.370. The van der Waals surface area contributed by atoms with Crippen molar-refractivity contribution >= 4 is 5.78 Å². The molecule has 0 N–H and O–H groups in total. The van der Waals surface area contributed by atoms with Crippen LogP contribution in [0.1, 0.15) is 53.4 Å². The summed E-state index contributed by atoms with van der Waals surface area (Å²) in [4.78, 5) is 14.4. The van der Waals surface area contributed by atoms with Crippen LogP contribution in [-0.4, -0.2) is 30.3 Å². The van der Waals surface area contributed by atoms with E-state index in [0.717, 1.165) is 13.0 Å². The molecule has 2 saturated heterocycles. The van der Waals surface area contributed by atoms with Gasteiger partial charge < -0.3 is 4.90 Å². The molecule has 17 heavy (non-hydrogen) atoms. The van der Waals surface area contributed by atoms with E-state index in [-0.39, 0.29) is 5.92 Å². The van der Waals surface area contributed by atoms with Crippen molar-refractivity contribution in [2.45, 2.75) is 59.4 Å². The molecule has 3 fully saturated rings. The standard InChI is InChI=1S/C12H21NO.C3H8/c1-8(2)12(14)11-6-10-5-4-9(11)7-13(10)3;1-3-2/h8-11H,4-7H2,1-3H3;3H2,1-2H3. The molecule has 2 bridgehead atoms. The molecule has 100 valence electrons. The highest BCUT2D eigenvalue weighted by atomic mass is 16.1. The first kappa shape index (κ1) is 14.7. The average molecular weight is 239 g/mol. The minimum Gasteiger partial charge on any atom is -0.303 e. The van der Waals surface area contributed by atoms with Gasteiger partial charge in [0.15, 0.2) is 0 Å². The Labute approximate surface area is 107 Å². The van der Waals surface area contributed by atoms with Gasteiger partial charge in [-0.1, -0.05) is 34.1 Å². The van der Waals surface area contributed by atoms with Gasteiger partial charge >= 0.3 is 0 Å². The third-order valence-corrected chi connectivity index (χ3v) is 4.05. The van der Waals surface area contributed by atoms with Crippen LogP contribution in [-0.2, 0) is 4.79 Å². The van der Waals surface area contributed by atoms with Crippen molar-refractivity contribution in [2.75, 3.05) is 13.6 Å². The maximum Gasteiger partial charge on any atom is 0.138 e. The van der Waals surface area contributed by atoms with Crippen molar-refractivity contribution in [1.29, 1.82) is 0 Å². The summed E-state index contributed by atoms with van der Waals surface area (Å²) in [7, 11) is 2.20. The Morgan fingerprint density at radius 1 is 1.29 bits per heavy atom. The Bertz CT molecular complexity index is 249. The largest absolute Gasteiger partial charge is 0.303 e. The lowest BCUT2D eigenvalue weighted by Crippen LogP contribution is -2.52. The minimum atomic E-state index is 0.227. The first-order valence-corrected chi connectivity index (χ1v) is 7.25. The number of carbonyl (C=O) groups is 1. The van der Waals surface area contributed by atoms with Crippen LogP contribution in [0.15, 0.2) is 0 Å². The summed E-state index contributed by atoms with van der Waals surface area (Å²) >= 11 is 0. The second-order valence-electron chi connectivity index (χ2n) is 6.04. The number of fused-ring (bicyclic) bond motifs is 3. The Morgan fingerprint density at radius 3 is 2.24 bits per heavy atom. The zero-order valence-corrected chi connectivity index (χ0v) is 12.2. The van der Waals surface area contributed by atoms with E-state index in [9.17, 15) is 4.79 Å². The average Bonchev–Trinajstić information content (AvgIpc) is 2.29. The number of nitrogens with zero attached hydrogens (tertiary/aromatic N) is 1. The molecule has 2 aliphatic heterocycles. The topological polar surface area (TPSA) is 20.3 Å². The number of hydrogen-bond donors (Lipinski definition) is 0. The molecule has 2 nitrogen and oxygen atoms in total. The lowest BCUT2D eigenvalue weighted by Gasteiger charge is -2.48. The van der Waals surface area contributed by atoms with Crippen LogP contribution in [0.4, 0.5) is 0 Å². The monoisotopic (exact) mass is 239 g/mol. The second-order valence-corrected chi connectivity index (χ2v) is 6.04. The Morgan fingerprint density at radius 2 is 1.88 bits per heavy atom. The van der Waals surface area contributed by atoms with Gasteiger partial charge in [-0.2, -0.15) is 0 Å². The van der Waals surface area contributed by atoms with E-state index in [4.69, 9.17) is 0 Å². The lowest BCUT2D eigenvalue weighted by molar-refractivity contribution is -0.132. The molecule has 0 spiro atoms. The van der Waals surface area contributed by atoms with Crippen LogP contribution >= 0.6 is 0 Å².